The fraction of sp³-hybridized carbons (Fsp3) is 0.578. The molecule has 1 aliphatic heterocycles. The molecule has 17 atom stereocenters. The van der Waals surface area contributed by atoms with E-state index in [0.29, 0.717) is 25.0 Å². The molecule has 1 heterocycles. The molecular formula is C64H101N3O15. The number of epoxide rings is 1. The largest absolute Gasteiger partial charge is 0.393 e. The molecule has 0 aliphatic carbocycles. The molecule has 82 heavy (non-hydrogen) atoms. The van der Waals surface area contributed by atoms with Gasteiger partial charge in [0.2, 0.25) is 0 Å². The van der Waals surface area contributed by atoms with E-state index in [1.807, 2.05) is 80.7 Å². The fourth-order valence-electron chi connectivity index (χ4n) is 8.47. The summed E-state index contributed by atoms with van der Waals surface area (Å²) >= 11 is 0. The number of Topliss-reactive ketones (excluding diaryl/α,β-unsaturated/α-hetero) is 2. The molecule has 1 rings (SSSR count). The van der Waals surface area contributed by atoms with Gasteiger partial charge in [0.25, 0.3) is 0 Å². The molecular weight excluding hydrogens is 1050 g/mol. The number of ether oxygens (including phenoxy) is 1. The lowest BCUT2D eigenvalue weighted by molar-refractivity contribution is -0.127. The van der Waals surface area contributed by atoms with E-state index in [1.54, 1.807) is 68.5 Å². The van der Waals surface area contributed by atoms with Crippen molar-refractivity contribution in [2.45, 2.75) is 210 Å². The number of hydrogen-bond donors (Lipinski definition) is 14. The summed E-state index contributed by atoms with van der Waals surface area (Å²) in [4.78, 5) is 27.9. The van der Waals surface area contributed by atoms with Gasteiger partial charge in [-0.3, -0.25) is 14.6 Å². The van der Waals surface area contributed by atoms with Gasteiger partial charge in [0.05, 0.1) is 79.4 Å². The quantitative estimate of drug-likeness (QED) is 0.00729. The molecule has 0 saturated carbocycles. The Kier molecular flexibility index (Phi) is 40.7. The zero-order chi connectivity index (χ0) is 61.4. The number of rotatable bonds is 45. The maximum absolute atomic E-state index is 12.8. The molecule has 17 unspecified atom stereocenters. The van der Waals surface area contributed by atoms with E-state index >= 15 is 0 Å². The van der Waals surface area contributed by atoms with Crippen LogP contribution in [0, 0.1) is 17.8 Å². The van der Waals surface area contributed by atoms with Crippen molar-refractivity contribution in [3.05, 3.63) is 145 Å². The molecule has 0 aromatic heterocycles. The number of hydrogen-bond acceptors (Lipinski definition) is 16. The Hall–Kier alpha value is -5.03. The predicted molar refractivity (Wildman–Crippen MR) is 324 cm³/mol. The number of guanidine groups is 1. The highest BCUT2D eigenvalue weighted by Crippen LogP contribution is 2.33. The molecule has 0 spiro atoms. The molecule has 18 nitrogen and oxygen atoms in total. The second-order valence-corrected chi connectivity index (χ2v) is 21.5. The average Bonchev–Trinajstić information content (AvgIpc) is 4.26. The van der Waals surface area contributed by atoms with E-state index in [4.69, 9.17) is 16.2 Å². The van der Waals surface area contributed by atoms with Crippen LogP contribution in [-0.2, 0) is 14.3 Å². The van der Waals surface area contributed by atoms with Crippen molar-refractivity contribution in [1.29, 1.82) is 0 Å². The van der Waals surface area contributed by atoms with Crippen LogP contribution in [0.1, 0.15) is 125 Å². The van der Waals surface area contributed by atoms with Crippen LogP contribution in [0.5, 0.6) is 0 Å². The van der Waals surface area contributed by atoms with Crippen molar-refractivity contribution in [3.8, 4) is 0 Å². The third kappa shape index (κ3) is 37.9. The monoisotopic (exact) mass is 1150 g/mol. The first-order chi connectivity index (χ1) is 38.9. The first-order valence-corrected chi connectivity index (χ1v) is 28.8. The molecule has 0 radical (unpaired) electrons. The molecule has 0 aromatic rings. The third-order valence-corrected chi connectivity index (χ3v) is 13.8. The third-order valence-electron chi connectivity index (χ3n) is 13.8. The Balaban J connectivity index is 2.31. The normalized spacial score (nSPS) is 21.4. The fourth-order valence-corrected chi connectivity index (χ4v) is 8.47. The molecule has 1 saturated heterocycles. The van der Waals surface area contributed by atoms with Crippen LogP contribution in [0.15, 0.2) is 150 Å². The van der Waals surface area contributed by atoms with E-state index in [1.165, 1.54) is 25.2 Å². The number of carbonyl (C=O) groups is 2. The van der Waals surface area contributed by atoms with E-state index in [9.17, 15) is 70.9 Å². The van der Waals surface area contributed by atoms with Crippen molar-refractivity contribution in [1.82, 2.24) is 0 Å². The lowest BCUT2D eigenvalue weighted by Crippen LogP contribution is -2.32. The van der Waals surface area contributed by atoms with Crippen LogP contribution in [0.25, 0.3) is 0 Å². The topological polar surface area (TPSA) is 354 Å². The summed E-state index contributed by atoms with van der Waals surface area (Å²) in [7, 11) is 0. The van der Waals surface area contributed by atoms with Gasteiger partial charge in [0.1, 0.15) is 11.9 Å². The van der Waals surface area contributed by atoms with Crippen molar-refractivity contribution < 1.29 is 75.6 Å². The van der Waals surface area contributed by atoms with Gasteiger partial charge in [-0.25, -0.2) is 0 Å². The Bertz CT molecular complexity index is 2170. The van der Waals surface area contributed by atoms with Crippen molar-refractivity contribution >= 4 is 17.5 Å². The number of aliphatic hydroxyl groups is 12. The lowest BCUT2D eigenvalue weighted by atomic mass is 9.88. The summed E-state index contributed by atoms with van der Waals surface area (Å²) in [5.41, 5.74) is 11.2. The number of aliphatic hydroxyl groups excluding tert-OH is 12. The second-order valence-electron chi connectivity index (χ2n) is 21.5. The minimum atomic E-state index is -1.17. The van der Waals surface area contributed by atoms with Gasteiger partial charge in [-0.15, -0.1) is 0 Å². The Morgan fingerprint density at radius 2 is 1.09 bits per heavy atom. The zero-order valence-electron chi connectivity index (χ0n) is 48.9. The average molecular weight is 1150 g/mol. The summed E-state index contributed by atoms with van der Waals surface area (Å²) in [6, 6.07) is 0. The molecule has 0 bridgehead atoms. The van der Waals surface area contributed by atoms with Crippen LogP contribution in [0.3, 0.4) is 0 Å². The maximum atomic E-state index is 12.8. The first kappa shape index (κ1) is 75.0. The van der Waals surface area contributed by atoms with Crippen LogP contribution in [-0.4, -0.2) is 171 Å². The summed E-state index contributed by atoms with van der Waals surface area (Å²) in [5.74, 6) is -1.60. The highest BCUT2D eigenvalue weighted by molar-refractivity contribution is 5.92. The van der Waals surface area contributed by atoms with Crippen LogP contribution < -0.4 is 11.5 Å². The highest BCUT2D eigenvalue weighted by Gasteiger charge is 2.45. The number of allylic oxidation sites excluding steroid dienone is 17. The van der Waals surface area contributed by atoms with E-state index in [2.05, 4.69) is 4.99 Å². The van der Waals surface area contributed by atoms with E-state index < -0.39 is 91.4 Å². The first-order valence-electron chi connectivity index (χ1n) is 28.8. The maximum Gasteiger partial charge on any atom is 0.185 e. The van der Waals surface area contributed by atoms with Crippen molar-refractivity contribution in [3.63, 3.8) is 0 Å². The molecule has 1 fully saturated rings. The molecule has 18 heteroatoms. The van der Waals surface area contributed by atoms with Crippen LogP contribution in [0.2, 0.25) is 0 Å². The van der Waals surface area contributed by atoms with Crippen LogP contribution >= 0.6 is 0 Å². The highest BCUT2D eigenvalue weighted by atomic mass is 16.6. The molecule has 0 amide bonds. The molecule has 0 aromatic carbocycles. The van der Waals surface area contributed by atoms with Crippen molar-refractivity contribution in [2.75, 3.05) is 6.54 Å². The Morgan fingerprint density at radius 1 is 0.549 bits per heavy atom. The summed E-state index contributed by atoms with van der Waals surface area (Å²) in [6.07, 6.45) is 30.9. The van der Waals surface area contributed by atoms with Gasteiger partial charge in [0, 0.05) is 56.4 Å². The summed E-state index contributed by atoms with van der Waals surface area (Å²) in [6.45, 7) is 9.01. The SMILES string of the molecule is CC(=O)/C(C)=C/C=C/C=C/CC/C=C/C(C)C(O)C(C)C(O)/C=C/C=C/C=C/C=C/C=C/C=C/CC(O)C(C)C(=O)CC(O)CC(O)/C=C/CC(O)CC(O)CC(O)C1OC1CC(O)CC(O)/C=C/CC(O)CC(O)CCCN=C(N)N. The van der Waals surface area contributed by atoms with Crippen molar-refractivity contribution in [2.24, 2.45) is 34.2 Å². The predicted octanol–water partition coefficient (Wildman–Crippen LogP) is 4.95. The molecule has 462 valence electrons. The Morgan fingerprint density at radius 3 is 1.68 bits per heavy atom. The van der Waals surface area contributed by atoms with Gasteiger partial charge in [-0.1, -0.05) is 161 Å². The van der Waals surface area contributed by atoms with E-state index in [0.717, 1.165) is 12.8 Å². The minimum absolute atomic E-state index is 0.00629. The van der Waals surface area contributed by atoms with Gasteiger partial charge >= 0.3 is 0 Å². The zero-order valence-corrected chi connectivity index (χ0v) is 48.9. The number of nitrogens with two attached hydrogens (primary N) is 2. The summed E-state index contributed by atoms with van der Waals surface area (Å²) < 4.78 is 5.50. The number of nitrogens with zero attached hydrogens (tertiary/aromatic N) is 1. The van der Waals surface area contributed by atoms with Gasteiger partial charge in [-0.2, -0.15) is 0 Å². The number of aliphatic imine (C=N–C) groups is 1. The van der Waals surface area contributed by atoms with Gasteiger partial charge < -0.3 is 77.5 Å². The van der Waals surface area contributed by atoms with Gasteiger partial charge in [-0.05, 0) is 77.2 Å². The number of unbranched alkanes of at least 4 members (excludes halogenated alkanes) is 1. The lowest BCUT2D eigenvalue weighted by Gasteiger charge is -2.25. The molecule has 1 aliphatic rings. The summed E-state index contributed by atoms with van der Waals surface area (Å²) in [5, 5.41) is 125. The number of ketones is 2. The van der Waals surface area contributed by atoms with Gasteiger partial charge in [0.15, 0.2) is 11.7 Å². The minimum Gasteiger partial charge on any atom is -0.393 e. The second kappa shape index (κ2) is 44.5. The van der Waals surface area contributed by atoms with E-state index in [-0.39, 0.29) is 93.6 Å². The number of carbonyl (C=O) groups excluding carboxylic acids is 2. The standard InChI is InChI=1S/C64H101N3O15/c1-44(48(5)68)27-20-16-12-11-13-17-21-28-45(2)62(81)47(4)58(78)35-23-19-15-10-8-6-7-9-14-18-22-34-57(77)46(3)59(79)41-54(74)38-50(70)30-25-31-51(71)39-55(75)42-60(80)63-61(82-63)43-56(76)40-52(72)32-24-29-49(69)37-53(73)33-26-36-67-64(65)66/h6-12,14-16,18-25,27-28,30,32,35,45-47,49-58,60-63,69-78,80-81H,13,17,26,29,31,33-34,36-43H2,1-5H3,(H4,65,66,67)/b7-6+,10-8+,12-11+,14-9+,19-15+,20-16+,22-18+,28-21+,30-25+,32-24+,35-23+,44-27+. The smallest absolute Gasteiger partial charge is 0.185 e. The van der Waals surface area contributed by atoms with Crippen LogP contribution in [0.4, 0.5) is 0 Å². The molecule has 16 N–H and O–H groups in total. The Labute approximate surface area is 487 Å².